The van der Waals surface area contributed by atoms with Gasteiger partial charge in [0.25, 0.3) is 0 Å². The van der Waals surface area contributed by atoms with Crippen LogP contribution in [-0.2, 0) is 13.5 Å². The zero-order valence-electron chi connectivity index (χ0n) is 9.53. The molecule has 0 aliphatic carbocycles. The van der Waals surface area contributed by atoms with Crippen molar-refractivity contribution in [3.05, 3.63) is 17.5 Å². The number of nitrogens with two attached hydrogens (primary N) is 1. The fourth-order valence-corrected chi connectivity index (χ4v) is 1.64. The normalized spacial score (nSPS) is 12.4. The largest absolute Gasteiger partial charge is 0.323 e. The molecule has 0 aliphatic heterocycles. The minimum absolute atomic E-state index is 0.0520. The topological polar surface area (TPSA) is 43.8 Å². The van der Waals surface area contributed by atoms with Gasteiger partial charge in [0.15, 0.2) is 0 Å². The Labute approximate surface area is 91.7 Å². The third-order valence-electron chi connectivity index (χ3n) is 2.54. The Hall–Kier alpha value is -1.27. The molecule has 1 atom stereocenters. The van der Waals surface area contributed by atoms with Gasteiger partial charge in [-0.3, -0.25) is 4.68 Å². The fourth-order valence-electron chi connectivity index (χ4n) is 1.64. The molecule has 1 aromatic rings. The average molecular weight is 205 g/mol. The van der Waals surface area contributed by atoms with Crippen LogP contribution < -0.4 is 5.73 Å². The van der Waals surface area contributed by atoms with Crippen LogP contribution in [-0.4, -0.2) is 9.78 Å². The molecule has 2 N–H and O–H groups in total. The van der Waals surface area contributed by atoms with Crippen molar-refractivity contribution < 1.29 is 0 Å². The smallest absolute Gasteiger partial charge is 0.0625 e. The Morgan fingerprint density at radius 2 is 2.40 bits per heavy atom. The van der Waals surface area contributed by atoms with E-state index in [4.69, 9.17) is 12.2 Å². The number of hydrogen-bond donors (Lipinski definition) is 1. The van der Waals surface area contributed by atoms with E-state index >= 15 is 0 Å². The third kappa shape index (κ3) is 3.10. The van der Waals surface area contributed by atoms with E-state index in [0.29, 0.717) is 0 Å². The van der Waals surface area contributed by atoms with Gasteiger partial charge in [-0.25, -0.2) is 0 Å². The SMILES string of the molecule is C#CCCCC(N)c1cc(CC)nn1C. The number of unbranched alkanes of at least 4 members (excludes halogenated alkanes) is 1. The fraction of sp³-hybridized carbons (Fsp3) is 0.583. The molecule has 3 nitrogen and oxygen atoms in total. The number of terminal acetylenes is 1. The highest BCUT2D eigenvalue weighted by molar-refractivity contribution is 5.13. The summed E-state index contributed by atoms with van der Waals surface area (Å²) in [5.74, 6) is 2.63. The third-order valence-corrected chi connectivity index (χ3v) is 2.54. The van der Waals surface area contributed by atoms with Gasteiger partial charge in [0.05, 0.1) is 11.4 Å². The van der Waals surface area contributed by atoms with Crippen molar-refractivity contribution in [1.82, 2.24) is 9.78 Å². The van der Waals surface area contributed by atoms with E-state index in [1.165, 1.54) is 0 Å². The molecule has 0 aromatic carbocycles. The first-order chi connectivity index (χ1) is 7.19. The lowest BCUT2D eigenvalue weighted by molar-refractivity contribution is 0.564. The lowest BCUT2D eigenvalue weighted by atomic mass is 10.1. The molecule has 1 rings (SSSR count). The molecule has 82 valence electrons. The molecule has 0 spiro atoms. The first-order valence-corrected chi connectivity index (χ1v) is 5.40. The lowest BCUT2D eigenvalue weighted by Gasteiger charge is -2.10. The van der Waals surface area contributed by atoms with E-state index in [1.54, 1.807) is 0 Å². The highest BCUT2D eigenvalue weighted by Gasteiger charge is 2.11. The second kappa shape index (κ2) is 5.57. The van der Waals surface area contributed by atoms with Gasteiger partial charge in [-0.15, -0.1) is 12.3 Å². The molecular weight excluding hydrogens is 186 g/mol. The molecule has 0 saturated carbocycles. The van der Waals surface area contributed by atoms with Gasteiger partial charge < -0.3 is 5.73 Å². The molecule has 0 saturated heterocycles. The average Bonchev–Trinajstić information content (AvgIpc) is 2.60. The van der Waals surface area contributed by atoms with Crippen LogP contribution in [0.3, 0.4) is 0 Å². The van der Waals surface area contributed by atoms with E-state index in [1.807, 2.05) is 11.7 Å². The Morgan fingerprint density at radius 1 is 1.67 bits per heavy atom. The maximum Gasteiger partial charge on any atom is 0.0625 e. The number of aryl methyl sites for hydroxylation is 2. The van der Waals surface area contributed by atoms with Gasteiger partial charge in [0.1, 0.15) is 0 Å². The molecule has 3 heteroatoms. The van der Waals surface area contributed by atoms with Gasteiger partial charge in [0, 0.05) is 19.5 Å². The Morgan fingerprint density at radius 3 is 2.93 bits per heavy atom. The summed E-state index contributed by atoms with van der Waals surface area (Å²) < 4.78 is 1.87. The van der Waals surface area contributed by atoms with Crippen LogP contribution >= 0.6 is 0 Å². The van der Waals surface area contributed by atoms with Crippen LogP contribution in [0, 0.1) is 12.3 Å². The summed E-state index contributed by atoms with van der Waals surface area (Å²) in [6.45, 7) is 2.09. The van der Waals surface area contributed by atoms with E-state index in [-0.39, 0.29) is 6.04 Å². The van der Waals surface area contributed by atoms with Crippen LogP contribution in [0.15, 0.2) is 6.07 Å². The van der Waals surface area contributed by atoms with Gasteiger partial charge in [-0.2, -0.15) is 5.10 Å². The van der Waals surface area contributed by atoms with Gasteiger partial charge in [-0.05, 0) is 25.3 Å². The van der Waals surface area contributed by atoms with Crippen LogP contribution in [0.1, 0.15) is 43.6 Å². The second-order valence-electron chi connectivity index (χ2n) is 3.74. The van der Waals surface area contributed by atoms with Crippen molar-refractivity contribution in [2.45, 2.75) is 38.6 Å². The number of nitrogens with zero attached hydrogens (tertiary/aromatic N) is 2. The molecule has 0 radical (unpaired) electrons. The Bertz CT molecular complexity index is 346. The molecule has 1 heterocycles. The summed E-state index contributed by atoms with van der Waals surface area (Å²) in [6.07, 6.45) is 8.85. The molecule has 15 heavy (non-hydrogen) atoms. The van der Waals surface area contributed by atoms with Gasteiger partial charge in [0.2, 0.25) is 0 Å². The van der Waals surface area contributed by atoms with E-state index in [0.717, 1.165) is 37.1 Å². The highest BCUT2D eigenvalue weighted by Crippen LogP contribution is 2.17. The summed E-state index contributed by atoms with van der Waals surface area (Å²) in [5, 5.41) is 4.37. The second-order valence-corrected chi connectivity index (χ2v) is 3.74. The summed E-state index contributed by atoms with van der Waals surface area (Å²) in [4.78, 5) is 0. The van der Waals surface area contributed by atoms with E-state index < -0.39 is 0 Å². The summed E-state index contributed by atoms with van der Waals surface area (Å²) in [7, 11) is 1.94. The number of rotatable bonds is 5. The molecule has 0 aliphatic rings. The van der Waals surface area contributed by atoms with Crippen molar-refractivity contribution in [3.63, 3.8) is 0 Å². The number of aromatic nitrogens is 2. The zero-order valence-corrected chi connectivity index (χ0v) is 9.53. The van der Waals surface area contributed by atoms with E-state index in [9.17, 15) is 0 Å². The van der Waals surface area contributed by atoms with E-state index in [2.05, 4.69) is 24.0 Å². The van der Waals surface area contributed by atoms with Crippen LogP contribution in [0.5, 0.6) is 0 Å². The quantitative estimate of drug-likeness (QED) is 0.588. The summed E-state index contributed by atoms with van der Waals surface area (Å²) in [5.41, 5.74) is 8.27. The van der Waals surface area contributed by atoms with Crippen molar-refractivity contribution in [2.75, 3.05) is 0 Å². The minimum atomic E-state index is 0.0520. The van der Waals surface area contributed by atoms with Crippen molar-refractivity contribution in [1.29, 1.82) is 0 Å². The summed E-state index contributed by atoms with van der Waals surface area (Å²) in [6, 6.07) is 2.14. The predicted molar refractivity (Wildman–Crippen MR) is 62.2 cm³/mol. The maximum absolute atomic E-state index is 6.08. The first-order valence-electron chi connectivity index (χ1n) is 5.40. The zero-order chi connectivity index (χ0) is 11.3. The van der Waals surface area contributed by atoms with Crippen molar-refractivity contribution in [3.8, 4) is 12.3 Å². The van der Waals surface area contributed by atoms with Crippen molar-refractivity contribution >= 4 is 0 Å². The molecular formula is C12H19N3. The van der Waals surface area contributed by atoms with Crippen LogP contribution in [0.25, 0.3) is 0 Å². The molecule has 0 bridgehead atoms. The summed E-state index contributed by atoms with van der Waals surface area (Å²) >= 11 is 0. The molecule has 1 unspecified atom stereocenters. The molecule has 0 fully saturated rings. The van der Waals surface area contributed by atoms with Crippen LogP contribution in [0.2, 0.25) is 0 Å². The Balaban J connectivity index is 2.61. The lowest BCUT2D eigenvalue weighted by Crippen LogP contribution is -2.14. The first kappa shape index (κ1) is 11.8. The highest BCUT2D eigenvalue weighted by atomic mass is 15.3. The van der Waals surface area contributed by atoms with Gasteiger partial charge in [-0.1, -0.05) is 6.92 Å². The molecule has 0 amide bonds. The molecule has 1 aromatic heterocycles. The minimum Gasteiger partial charge on any atom is -0.323 e. The standard InChI is InChI=1S/C12H19N3/c1-4-6-7-8-11(13)12-9-10(5-2)14-15(12)3/h1,9,11H,5-8,13H2,2-3H3. The Kier molecular flexibility index (Phi) is 4.38. The number of hydrogen-bond acceptors (Lipinski definition) is 2. The maximum atomic E-state index is 6.08. The predicted octanol–water partition coefficient (Wildman–Crippen LogP) is 1.79. The monoisotopic (exact) mass is 205 g/mol. The van der Waals surface area contributed by atoms with Crippen LogP contribution in [0.4, 0.5) is 0 Å². The van der Waals surface area contributed by atoms with Gasteiger partial charge >= 0.3 is 0 Å². The van der Waals surface area contributed by atoms with Crippen molar-refractivity contribution in [2.24, 2.45) is 12.8 Å².